The predicted octanol–water partition coefficient (Wildman–Crippen LogP) is 2.58. The molecule has 3 aromatic heterocycles. The van der Waals surface area contributed by atoms with E-state index in [-0.39, 0.29) is 22.9 Å². The number of amides is 1. The maximum atomic E-state index is 12.9. The summed E-state index contributed by atoms with van der Waals surface area (Å²) in [6.45, 7) is 6.20. The van der Waals surface area contributed by atoms with Gasteiger partial charge in [0.2, 0.25) is 5.43 Å². The average Bonchev–Trinajstić information content (AvgIpc) is 3.23. The largest absolute Gasteiger partial charge is 0.349 e. The quantitative estimate of drug-likeness (QED) is 0.732. The van der Waals surface area contributed by atoms with Crippen LogP contribution in [0.3, 0.4) is 0 Å². The van der Waals surface area contributed by atoms with Gasteiger partial charge in [-0.2, -0.15) is 0 Å². The molecule has 1 saturated heterocycles. The summed E-state index contributed by atoms with van der Waals surface area (Å²) in [6.07, 6.45) is 5.11. The minimum atomic E-state index is -0.303. The van der Waals surface area contributed by atoms with E-state index in [4.69, 9.17) is 0 Å². The van der Waals surface area contributed by atoms with E-state index in [0.717, 1.165) is 36.8 Å². The number of aryl methyl sites for hydroxylation is 2. The molecule has 1 aliphatic rings. The summed E-state index contributed by atoms with van der Waals surface area (Å²) in [7, 11) is 0. The van der Waals surface area contributed by atoms with Crippen molar-refractivity contribution in [3.8, 4) is 0 Å². The fourth-order valence-corrected chi connectivity index (χ4v) is 4.31. The van der Waals surface area contributed by atoms with Gasteiger partial charge in [0, 0.05) is 49.1 Å². The number of carbonyl (C=O) groups is 1. The highest BCUT2D eigenvalue weighted by atomic mass is 32.1. The normalized spacial score (nSPS) is 15.1. The molecule has 146 valence electrons. The standard InChI is InChI=1S/C20H23N5O2S/c1-3-24-12-16(17(26)15-5-4-13(2)22-18(15)24)19(27)23-14-6-9-25(10-7-14)20-21-8-11-28-20/h4-5,8,11-12,14H,3,6-7,9-10H2,1-2H3,(H,23,27). The highest BCUT2D eigenvalue weighted by Crippen LogP contribution is 2.22. The van der Waals surface area contributed by atoms with Crippen LogP contribution in [0.15, 0.2) is 34.7 Å². The Morgan fingerprint density at radius 2 is 2.11 bits per heavy atom. The van der Waals surface area contributed by atoms with Gasteiger partial charge in [0.25, 0.3) is 5.91 Å². The second-order valence-electron chi connectivity index (χ2n) is 7.03. The van der Waals surface area contributed by atoms with E-state index in [0.29, 0.717) is 17.6 Å². The highest BCUT2D eigenvalue weighted by Gasteiger charge is 2.24. The molecule has 0 bridgehead atoms. The Labute approximate surface area is 167 Å². The van der Waals surface area contributed by atoms with Gasteiger partial charge in [0.05, 0.1) is 5.39 Å². The molecule has 1 N–H and O–H groups in total. The van der Waals surface area contributed by atoms with Gasteiger partial charge >= 0.3 is 0 Å². The smallest absolute Gasteiger partial charge is 0.256 e. The minimum absolute atomic E-state index is 0.0602. The molecule has 0 aromatic carbocycles. The maximum Gasteiger partial charge on any atom is 0.256 e. The van der Waals surface area contributed by atoms with Crippen molar-refractivity contribution in [2.24, 2.45) is 0 Å². The molecule has 4 heterocycles. The van der Waals surface area contributed by atoms with Crippen LogP contribution < -0.4 is 15.6 Å². The summed E-state index contributed by atoms with van der Waals surface area (Å²) in [6, 6.07) is 3.62. The van der Waals surface area contributed by atoms with E-state index in [2.05, 4.69) is 20.2 Å². The third kappa shape index (κ3) is 3.52. The molecule has 1 aliphatic heterocycles. The second-order valence-corrected chi connectivity index (χ2v) is 7.90. The summed E-state index contributed by atoms with van der Waals surface area (Å²) in [4.78, 5) is 36.8. The number of nitrogens with one attached hydrogen (secondary N) is 1. The van der Waals surface area contributed by atoms with Gasteiger partial charge in [-0.15, -0.1) is 11.3 Å². The van der Waals surface area contributed by atoms with E-state index in [1.807, 2.05) is 30.0 Å². The molecule has 0 aliphatic carbocycles. The molecule has 8 heteroatoms. The van der Waals surface area contributed by atoms with Crippen LogP contribution in [0.5, 0.6) is 0 Å². The maximum absolute atomic E-state index is 12.9. The number of piperidine rings is 1. The van der Waals surface area contributed by atoms with E-state index < -0.39 is 0 Å². The summed E-state index contributed by atoms with van der Waals surface area (Å²) in [5.41, 5.74) is 1.39. The van der Waals surface area contributed by atoms with Crippen LogP contribution in [0.25, 0.3) is 11.0 Å². The molecular formula is C20H23N5O2S. The number of hydrogen-bond donors (Lipinski definition) is 1. The molecule has 7 nitrogen and oxygen atoms in total. The van der Waals surface area contributed by atoms with Crippen LogP contribution in [-0.2, 0) is 6.54 Å². The molecule has 1 amide bonds. The SMILES string of the molecule is CCn1cc(C(=O)NC2CCN(c3nccs3)CC2)c(=O)c2ccc(C)nc21. The molecule has 0 saturated carbocycles. The summed E-state index contributed by atoms with van der Waals surface area (Å²) in [5, 5.41) is 6.53. The van der Waals surface area contributed by atoms with Crippen molar-refractivity contribution >= 4 is 33.4 Å². The second kappa shape index (κ2) is 7.71. The lowest BCUT2D eigenvalue weighted by molar-refractivity contribution is 0.0929. The molecule has 28 heavy (non-hydrogen) atoms. The molecule has 1 fully saturated rings. The first-order valence-electron chi connectivity index (χ1n) is 9.53. The van der Waals surface area contributed by atoms with Crippen LogP contribution in [0, 0.1) is 6.92 Å². The van der Waals surface area contributed by atoms with Gasteiger partial charge in [0.15, 0.2) is 5.13 Å². The molecule has 0 unspecified atom stereocenters. The highest BCUT2D eigenvalue weighted by molar-refractivity contribution is 7.13. The number of aromatic nitrogens is 3. The molecule has 4 rings (SSSR count). The van der Waals surface area contributed by atoms with Crippen molar-refractivity contribution in [3.63, 3.8) is 0 Å². The van der Waals surface area contributed by atoms with Crippen molar-refractivity contribution in [2.45, 2.75) is 39.3 Å². The summed E-state index contributed by atoms with van der Waals surface area (Å²) in [5.74, 6) is -0.303. The van der Waals surface area contributed by atoms with Crippen LogP contribution in [-0.4, -0.2) is 39.6 Å². The Balaban J connectivity index is 1.52. The first-order valence-corrected chi connectivity index (χ1v) is 10.4. The van der Waals surface area contributed by atoms with Crippen molar-refractivity contribution in [1.82, 2.24) is 19.9 Å². The fraction of sp³-hybridized carbons (Fsp3) is 0.400. The van der Waals surface area contributed by atoms with Gasteiger partial charge in [-0.25, -0.2) is 9.97 Å². The number of thiazole rings is 1. The number of rotatable bonds is 4. The number of pyridine rings is 2. The third-order valence-corrected chi connectivity index (χ3v) is 6.00. The van der Waals surface area contributed by atoms with Crippen LogP contribution in [0.1, 0.15) is 35.8 Å². The van der Waals surface area contributed by atoms with Gasteiger partial charge in [0.1, 0.15) is 11.2 Å². The van der Waals surface area contributed by atoms with Gasteiger partial charge in [-0.1, -0.05) is 0 Å². The Morgan fingerprint density at radius 3 is 2.79 bits per heavy atom. The molecular weight excluding hydrogens is 374 g/mol. The van der Waals surface area contributed by atoms with Gasteiger partial charge in [-0.3, -0.25) is 9.59 Å². The molecule has 3 aromatic rings. The van der Waals surface area contributed by atoms with Crippen LogP contribution in [0.4, 0.5) is 5.13 Å². The zero-order valence-corrected chi connectivity index (χ0v) is 16.8. The predicted molar refractivity (Wildman–Crippen MR) is 111 cm³/mol. The van der Waals surface area contributed by atoms with Crippen LogP contribution >= 0.6 is 11.3 Å². The Kier molecular flexibility index (Phi) is 5.13. The summed E-state index contributed by atoms with van der Waals surface area (Å²) >= 11 is 1.63. The van der Waals surface area contributed by atoms with Crippen molar-refractivity contribution < 1.29 is 4.79 Å². The van der Waals surface area contributed by atoms with E-state index in [1.165, 1.54) is 0 Å². The van der Waals surface area contributed by atoms with Crippen molar-refractivity contribution in [3.05, 3.63) is 51.4 Å². The lowest BCUT2D eigenvalue weighted by Crippen LogP contribution is -2.45. The molecule has 0 spiro atoms. The number of carbonyl (C=O) groups excluding carboxylic acids is 1. The van der Waals surface area contributed by atoms with Gasteiger partial charge < -0.3 is 14.8 Å². The number of anilines is 1. The minimum Gasteiger partial charge on any atom is -0.349 e. The fourth-order valence-electron chi connectivity index (χ4n) is 3.61. The number of fused-ring (bicyclic) bond motifs is 1. The monoisotopic (exact) mass is 397 g/mol. The van der Waals surface area contributed by atoms with Crippen LogP contribution in [0.2, 0.25) is 0 Å². The van der Waals surface area contributed by atoms with Gasteiger partial charge in [-0.05, 0) is 38.8 Å². The summed E-state index contributed by atoms with van der Waals surface area (Å²) < 4.78 is 1.86. The Bertz CT molecular complexity index is 1050. The number of hydrogen-bond acceptors (Lipinski definition) is 6. The van der Waals surface area contributed by atoms with Crippen molar-refractivity contribution in [2.75, 3.05) is 18.0 Å². The Morgan fingerprint density at radius 1 is 1.32 bits per heavy atom. The average molecular weight is 398 g/mol. The first kappa shape index (κ1) is 18.6. The van der Waals surface area contributed by atoms with E-state index in [9.17, 15) is 9.59 Å². The Hall–Kier alpha value is -2.74. The lowest BCUT2D eigenvalue weighted by Gasteiger charge is -2.32. The lowest BCUT2D eigenvalue weighted by atomic mass is 10.0. The zero-order valence-electron chi connectivity index (χ0n) is 16.0. The third-order valence-electron chi connectivity index (χ3n) is 5.17. The topological polar surface area (TPSA) is 80.1 Å². The zero-order chi connectivity index (χ0) is 19.7. The number of nitrogens with zero attached hydrogens (tertiary/aromatic N) is 4. The molecule has 0 atom stereocenters. The first-order chi connectivity index (χ1) is 13.6. The van der Waals surface area contributed by atoms with Crippen molar-refractivity contribution in [1.29, 1.82) is 0 Å². The molecule has 0 radical (unpaired) electrons. The van der Waals surface area contributed by atoms with E-state index >= 15 is 0 Å². The van der Waals surface area contributed by atoms with E-state index in [1.54, 1.807) is 29.7 Å².